The van der Waals surface area contributed by atoms with E-state index in [1.165, 1.54) is 0 Å². The molecule has 0 spiro atoms. The van der Waals surface area contributed by atoms with E-state index in [-0.39, 0.29) is 58.8 Å². The first kappa shape index (κ1) is 111. The molecule has 0 amide bonds. The van der Waals surface area contributed by atoms with Gasteiger partial charge >= 0.3 is 217 Å². The Bertz CT molecular complexity index is 929. The van der Waals surface area contributed by atoms with Gasteiger partial charge in [-0.15, -0.1) is 0 Å². The van der Waals surface area contributed by atoms with E-state index in [1.54, 1.807) is 0 Å². The predicted octanol–water partition coefficient (Wildman–Crippen LogP) is -19.4. The number of quaternary nitrogens is 6. The van der Waals surface area contributed by atoms with Gasteiger partial charge in [-0.2, -0.15) is 0 Å². The zero-order valence-corrected chi connectivity index (χ0v) is 36.3. The molecule has 0 aliphatic heterocycles. The van der Waals surface area contributed by atoms with Crippen molar-refractivity contribution in [3.63, 3.8) is 0 Å². The van der Waals surface area contributed by atoms with Crippen LogP contribution in [-0.4, -0.2) is 21.9 Å². The van der Waals surface area contributed by atoms with Crippen molar-refractivity contribution < 1.29 is 239 Å². The topological polar surface area (TPSA) is 907 Å². The fourth-order valence-corrected chi connectivity index (χ4v) is 0. The van der Waals surface area contributed by atoms with E-state index in [1.807, 2.05) is 0 Å². The van der Waals surface area contributed by atoms with Gasteiger partial charge in [-0.1, -0.05) is 0 Å². The van der Waals surface area contributed by atoms with Gasteiger partial charge in [0.05, 0.1) is 0 Å². The van der Waals surface area contributed by atoms with Crippen LogP contribution < -0.4 is 89.5 Å². The molecule has 0 aliphatic rings. The van der Waals surface area contributed by atoms with Crippen LogP contribution in [0.3, 0.4) is 0 Å². The Labute approximate surface area is 273 Å². The van der Waals surface area contributed by atoms with Gasteiger partial charge in [0, 0.05) is 0 Å². The Hall–Kier alpha value is 1.06. The summed E-state index contributed by atoms with van der Waals surface area (Å²) in [4.78, 5) is 0. The minimum absolute atomic E-state index is 0. The molecule has 304 valence electrons. The molecule has 0 bridgehead atoms. The van der Waals surface area contributed by atoms with Gasteiger partial charge in [0.2, 0.25) is 0 Å². The van der Waals surface area contributed by atoms with Crippen molar-refractivity contribution in [1.29, 1.82) is 0 Å². The molecule has 0 unspecified atom stereocenters. The van der Waals surface area contributed by atoms with E-state index in [9.17, 15) is 0 Å². The van der Waals surface area contributed by atoms with Gasteiger partial charge in [-0.25, -0.2) is 0 Å². The third-order valence-corrected chi connectivity index (χ3v) is 0. The molecule has 45 heavy (non-hydrogen) atoms. The van der Waals surface area contributed by atoms with Crippen LogP contribution in [0.5, 0.6) is 0 Å². The molecule has 0 aromatic carbocycles. The summed E-state index contributed by atoms with van der Waals surface area (Å²) >= 11 is -42.1. The molecular formula is H32Mo7N6O32-8. The molecule has 38 nitrogen and oxygen atoms in total. The van der Waals surface area contributed by atoms with Crippen LogP contribution in [0, 0.1) is 0 Å². The van der Waals surface area contributed by atoms with Crippen molar-refractivity contribution in [3.8, 4) is 0 Å². The van der Waals surface area contributed by atoms with Gasteiger partial charge in [0.1, 0.15) is 0 Å². The molecule has 0 saturated heterocycles. The first-order valence-electron chi connectivity index (χ1n) is 4.67. The normalized spacial score (nSPS) is 9.02. The van der Waals surface area contributed by atoms with Crippen LogP contribution >= 0.6 is 0 Å². The summed E-state index contributed by atoms with van der Waals surface area (Å²) in [5.74, 6) is 0. The van der Waals surface area contributed by atoms with Crippen molar-refractivity contribution in [2.75, 3.05) is 0 Å². The van der Waals surface area contributed by atoms with Gasteiger partial charge in [-0.3, -0.25) is 0 Å². The van der Waals surface area contributed by atoms with E-state index in [4.69, 9.17) is 100 Å². The Morgan fingerprint density at radius 3 is 0.178 bits per heavy atom. The molecule has 0 rings (SSSR count). The summed E-state index contributed by atoms with van der Waals surface area (Å²) in [6.45, 7) is 0. The van der Waals surface area contributed by atoms with E-state index in [0.717, 1.165) is 0 Å². The van der Waals surface area contributed by atoms with E-state index >= 15 is 0 Å². The van der Waals surface area contributed by atoms with Crippen molar-refractivity contribution in [1.82, 2.24) is 36.9 Å². The first-order chi connectivity index (χ1) is 14.0. The molecule has 32 N–H and O–H groups in total. The van der Waals surface area contributed by atoms with Crippen molar-refractivity contribution >= 4 is 0 Å². The minimum atomic E-state index is -6.02. The van der Waals surface area contributed by atoms with Crippen LogP contribution in [0.1, 0.15) is 0 Å². The summed E-state index contributed by atoms with van der Waals surface area (Å²) in [6.07, 6.45) is 0. The van der Waals surface area contributed by atoms with Gasteiger partial charge in [-0.05, 0) is 0 Å². The second kappa shape index (κ2) is 47.2. The van der Waals surface area contributed by atoms with E-state index in [2.05, 4.69) is 0 Å². The Morgan fingerprint density at radius 1 is 0.178 bits per heavy atom. The number of hydrogen-bond acceptors (Lipinski definition) is 28. The molecule has 45 heteroatoms. The average Bonchev–Trinajstić information content (AvgIpc) is 2.06. The predicted molar refractivity (Wildman–Crippen MR) is 60.0 cm³/mol. The summed E-state index contributed by atoms with van der Waals surface area (Å²) in [5.41, 5.74) is 0. The third-order valence-electron chi connectivity index (χ3n) is 0. The molecule has 0 heterocycles. The van der Waals surface area contributed by atoms with Crippen molar-refractivity contribution in [3.05, 3.63) is 0 Å². The molecule has 0 aromatic heterocycles. The SMILES string of the molecule is O.O.O.O.[NH4+].[NH4+].[NH4+].[NH4+].[NH4+].[NH4+].[O]=[Mo](=[O])([O-])[O-].[O]=[Mo](=[O])([O-])[O-].[O]=[Mo](=[O])([O-])[O-].[O]=[Mo](=[O])([O-])[O-].[O]=[Mo](=[O])([O-])[O-].[O]=[Mo](=[O])([O-])[O-].[O]=[Mo](=[O])([O-])[O-]. The summed E-state index contributed by atoms with van der Waals surface area (Å²) in [6, 6.07) is 0. The summed E-state index contributed by atoms with van der Waals surface area (Å²) in [5, 5.41) is 0. The first-order valence-corrected chi connectivity index (χ1v) is 27.6. The van der Waals surface area contributed by atoms with Crippen LogP contribution in [-0.2, 0) is 165 Å². The number of hydrogen-bond donors (Lipinski definition) is 6. The van der Waals surface area contributed by atoms with Crippen molar-refractivity contribution in [2.24, 2.45) is 0 Å². The zero-order chi connectivity index (χ0) is 31.5. The molecule has 0 aromatic rings. The maximum absolute atomic E-state index is 8.63. The quantitative estimate of drug-likeness (QED) is 0.123. The summed E-state index contributed by atoms with van der Waals surface area (Å²) < 4.78 is 242. The second-order valence-corrected chi connectivity index (χ2v) is 16.9. The fourth-order valence-electron chi connectivity index (χ4n) is 0. The van der Waals surface area contributed by atoms with E-state index in [0.29, 0.717) is 0 Å². The number of rotatable bonds is 0. The molecule has 0 saturated carbocycles. The van der Waals surface area contributed by atoms with Crippen LogP contribution in [0.15, 0.2) is 0 Å². The zero-order valence-electron chi connectivity index (χ0n) is 22.3. The van der Waals surface area contributed by atoms with E-state index < -0.39 is 117 Å². The Morgan fingerprint density at radius 2 is 0.178 bits per heavy atom. The second-order valence-electron chi connectivity index (χ2n) is 2.86. The van der Waals surface area contributed by atoms with Crippen molar-refractivity contribution in [2.45, 2.75) is 0 Å². The Balaban J connectivity index is -0.0000000131. The van der Waals surface area contributed by atoms with Gasteiger partial charge in [0.25, 0.3) is 0 Å². The maximum atomic E-state index is 8.63. The molecule has 0 aliphatic carbocycles. The van der Waals surface area contributed by atoms with Gasteiger partial charge in [0.15, 0.2) is 0 Å². The van der Waals surface area contributed by atoms with Crippen LogP contribution in [0.25, 0.3) is 0 Å². The third kappa shape index (κ3) is 74600. The standard InChI is InChI=1S/7Mo.6H3N.4H2O.28O/h;;;;;;;6*1H3;4*1H2;;;;;;;;;;;;;;;;;;;;;;;;;;;;/q;;;;;;;;;;;;;;;;;;;;;;;;;;;;;;;14*-1/p+6. The molecular weight excluding hydrogens is 1270 g/mol. The Kier molecular flexibility index (Phi) is 116. The van der Waals surface area contributed by atoms with Crippen LogP contribution in [0.4, 0.5) is 0 Å². The molecule has 0 atom stereocenters. The molecule has 0 fully saturated rings. The average molecular weight is 1300 g/mol. The monoisotopic (exact) mass is 1310 g/mol. The summed E-state index contributed by atoms with van der Waals surface area (Å²) in [7, 11) is 0. The molecule has 0 radical (unpaired) electrons. The fraction of sp³-hybridized carbons (Fsp3) is 0. The van der Waals surface area contributed by atoms with Crippen LogP contribution in [0.2, 0.25) is 0 Å². The van der Waals surface area contributed by atoms with Gasteiger partial charge < -0.3 is 58.8 Å².